The minimum absolute atomic E-state index is 0.108. The van der Waals surface area contributed by atoms with Crippen molar-refractivity contribution in [2.24, 2.45) is 5.73 Å². The maximum absolute atomic E-state index is 10.4. The van der Waals surface area contributed by atoms with Crippen LogP contribution in [0.25, 0.3) is 0 Å². The summed E-state index contributed by atoms with van der Waals surface area (Å²) in [4.78, 5) is 10.4. The second kappa shape index (κ2) is 3.66. The molecule has 0 radical (unpaired) electrons. The second-order valence-corrected chi connectivity index (χ2v) is 2.21. The molecular formula is C7H9N3O2. The van der Waals surface area contributed by atoms with Crippen molar-refractivity contribution in [3.8, 4) is 5.88 Å². The Morgan fingerprint density at radius 3 is 2.75 bits per heavy atom. The summed E-state index contributed by atoms with van der Waals surface area (Å²) in [7, 11) is 1.50. The van der Waals surface area contributed by atoms with Crippen LogP contribution in [-0.2, 0) is 11.2 Å². The molecule has 64 valence electrons. The lowest BCUT2D eigenvalue weighted by Gasteiger charge is -1.97. The van der Waals surface area contributed by atoms with Crippen molar-refractivity contribution in [2.75, 3.05) is 7.11 Å². The Bertz CT molecular complexity index is 270. The molecule has 0 aliphatic rings. The summed E-state index contributed by atoms with van der Waals surface area (Å²) >= 11 is 0. The summed E-state index contributed by atoms with van der Waals surface area (Å²) in [6.45, 7) is 0. The number of ether oxygens (including phenoxy) is 1. The third-order valence-corrected chi connectivity index (χ3v) is 1.26. The quantitative estimate of drug-likeness (QED) is 0.659. The van der Waals surface area contributed by atoms with Crippen LogP contribution in [0.4, 0.5) is 0 Å². The third kappa shape index (κ3) is 2.19. The molecule has 1 aromatic rings. The Balaban J connectivity index is 2.71. The van der Waals surface area contributed by atoms with Crippen molar-refractivity contribution in [1.29, 1.82) is 0 Å². The average Bonchev–Trinajstić information content (AvgIpc) is 2.05. The van der Waals surface area contributed by atoms with Crippen molar-refractivity contribution in [2.45, 2.75) is 6.42 Å². The van der Waals surface area contributed by atoms with Gasteiger partial charge in [-0.15, -0.1) is 5.10 Å². The molecule has 5 nitrogen and oxygen atoms in total. The van der Waals surface area contributed by atoms with Crippen LogP contribution in [0.2, 0.25) is 0 Å². The van der Waals surface area contributed by atoms with E-state index in [4.69, 9.17) is 10.5 Å². The summed E-state index contributed by atoms with van der Waals surface area (Å²) in [6, 6.07) is 3.28. The molecule has 0 spiro atoms. The van der Waals surface area contributed by atoms with Gasteiger partial charge in [0.1, 0.15) is 0 Å². The van der Waals surface area contributed by atoms with Crippen molar-refractivity contribution in [1.82, 2.24) is 10.2 Å². The molecule has 0 saturated carbocycles. The van der Waals surface area contributed by atoms with Crippen LogP contribution in [0.5, 0.6) is 5.88 Å². The number of nitrogens with zero attached hydrogens (tertiary/aromatic N) is 2. The van der Waals surface area contributed by atoms with E-state index in [2.05, 4.69) is 10.2 Å². The summed E-state index contributed by atoms with van der Waals surface area (Å²) in [5.74, 6) is -0.00214. The molecule has 1 rings (SSSR count). The van der Waals surface area contributed by atoms with E-state index in [0.717, 1.165) is 0 Å². The Labute approximate surface area is 69.5 Å². The molecule has 0 aromatic carbocycles. The van der Waals surface area contributed by atoms with Crippen molar-refractivity contribution in [3.05, 3.63) is 17.8 Å². The summed E-state index contributed by atoms with van der Waals surface area (Å²) in [6.07, 6.45) is 0.108. The standard InChI is InChI=1S/C7H9N3O2/c1-12-7-3-2-5(9-10-7)4-6(8)11/h2-3H,4H2,1H3,(H2,8,11). The fourth-order valence-electron chi connectivity index (χ4n) is 0.729. The monoisotopic (exact) mass is 167 g/mol. The summed E-state index contributed by atoms with van der Waals surface area (Å²) < 4.78 is 4.78. The van der Waals surface area contributed by atoms with E-state index in [0.29, 0.717) is 11.6 Å². The van der Waals surface area contributed by atoms with Crippen LogP contribution in [0, 0.1) is 0 Å². The molecule has 5 heteroatoms. The molecule has 0 saturated heterocycles. The first-order chi connectivity index (χ1) is 5.72. The van der Waals surface area contributed by atoms with E-state index >= 15 is 0 Å². The maximum atomic E-state index is 10.4. The van der Waals surface area contributed by atoms with Crippen molar-refractivity contribution in [3.63, 3.8) is 0 Å². The van der Waals surface area contributed by atoms with Gasteiger partial charge in [-0.3, -0.25) is 4.79 Å². The SMILES string of the molecule is COc1ccc(CC(N)=O)nn1. The molecule has 0 fully saturated rings. The van der Waals surface area contributed by atoms with Crippen molar-refractivity contribution < 1.29 is 9.53 Å². The van der Waals surface area contributed by atoms with Crippen LogP contribution in [-0.4, -0.2) is 23.2 Å². The lowest BCUT2D eigenvalue weighted by Crippen LogP contribution is -2.14. The number of amides is 1. The highest BCUT2D eigenvalue weighted by molar-refractivity contribution is 5.75. The topological polar surface area (TPSA) is 78.1 Å². The van der Waals surface area contributed by atoms with Crippen LogP contribution in [0.1, 0.15) is 5.69 Å². The fourth-order valence-corrected chi connectivity index (χ4v) is 0.729. The molecular weight excluding hydrogens is 158 g/mol. The first-order valence-corrected chi connectivity index (χ1v) is 3.37. The Morgan fingerprint density at radius 1 is 1.58 bits per heavy atom. The molecule has 1 aromatic heterocycles. The number of aromatic nitrogens is 2. The van der Waals surface area contributed by atoms with E-state index in [9.17, 15) is 4.79 Å². The highest BCUT2D eigenvalue weighted by atomic mass is 16.5. The maximum Gasteiger partial charge on any atom is 0.233 e. The zero-order valence-electron chi connectivity index (χ0n) is 6.65. The zero-order valence-corrected chi connectivity index (χ0v) is 6.65. The first kappa shape index (κ1) is 8.45. The minimum Gasteiger partial charge on any atom is -0.480 e. The van der Waals surface area contributed by atoms with Gasteiger partial charge in [0.05, 0.1) is 19.2 Å². The van der Waals surface area contributed by atoms with Crippen LogP contribution in [0.15, 0.2) is 12.1 Å². The Morgan fingerprint density at radius 2 is 2.33 bits per heavy atom. The number of hydrogen-bond donors (Lipinski definition) is 1. The predicted octanol–water partition coefficient (Wildman–Crippen LogP) is -0.487. The van der Waals surface area contributed by atoms with Gasteiger partial charge < -0.3 is 10.5 Å². The number of carbonyl (C=O) groups is 1. The summed E-state index contributed by atoms with van der Waals surface area (Å²) in [5.41, 5.74) is 5.50. The average molecular weight is 167 g/mol. The van der Waals surface area contributed by atoms with E-state index in [1.165, 1.54) is 7.11 Å². The molecule has 12 heavy (non-hydrogen) atoms. The van der Waals surface area contributed by atoms with Crippen molar-refractivity contribution >= 4 is 5.91 Å². The highest BCUT2D eigenvalue weighted by Crippen LogP contribution is 2.03. The molecule has 2 N–H and O–H groups in total. The van der Waals surface area contributed by atoms with Gasteiger partial charge in [-0.2, -0.15) is 5.10 Å². The van der Waals surface area contributed by atoms with Crippen LogP contribution < -0.4 is 10.5 Å². The predicted molar refractivity (Wildman–Crippen MR) is 41.5 cm³/mol. The van der Waals surface area contributed by atoms with Gasteiger partial charge in [0, 0.05) is 6.07 Å². The van der Waals surface area contributed by atoms with Crippen LogP contribution in [0.3, 0.4) is 0 Å². The number of methoxy groups -OCH3 is 1. The highest BCUT2D eigenvalue weighted by Gasteiger charge is 2.00. The molecule has 0 aliphatic carbocycles. The first-order valence-electron chi connectivity index (χ1n) is 3.37. The van der Waals surface area contributed by atoms with E-state index in [1.807, 2.05) is 0 Å². The Hall–Kier alpha value is -1.65. The van der Waals surface area contributed by atoms with E-state index in [-0.39, 0.29) is 6.42 Å². The lowest BCUT2D eigenvalue weighted by molar-refractivity contribution is -0.117. The minimum atomic E-state index is -0.422. The molecule has 1 amide bonds. The molecule has 0 aliphatic heterocycles. The Kier molecular flexibility index (Phi) is 2.57. The largest absolute Gasteiger partial charge is 0.480 e. The molecule has 0 unspecified atom stereocenters. The van der Waals surface area contributed by atoms with Gasteiger partial charge in [0.25, 0.3) is 0 Å². The number of carbonyl (C=O) groups excluding carboxylic acids is 1. The van der Waals surface area contributed by atoms with Gasteiger partial charge in [0.15, 0.2) is 0 Å². The number of hydrogen-bond acceptors (Lipinski definition) is 4. The lowest BCUT2D eigenvalue weighted by atomic mass is 10.3. The molecule has 0 bridgehead atoms. The van der Waals surface area contributed by atoms with Gasteiger partial charge in [0.2, 0.25) is 11.8 Å². The zero-order chi connectivity index (χ0) is 8.97. The fraction of sp³-hybridized carbons (Fsp3) is 0.286. The van der Waals surface area contributed by atoms with E-state index in [1.54, 1.807) is 12.1 Å². The van der Waals surface area contributed by atoms with E-state index < -0.39 is 5.91 Å². The van der Waals surface area contributed by atoms with Gasteiger partial charge in [-0.1, -0.05) is 0 Å². The number of rotatable bonds is 3. The smallest absolute Gasteiger partial charge is 0.233 e. The van der Waals surface area contributed by atoms with Gasteiger partial charge in [-0.05, 0) is 6.07 Å². The second-order valence-electron chi connectivity index (χ2n) is 2.21. The van der Waals surface area contributed by atoms with Gasteiger partial charge >= 0.3 is 0 Å². The molecule has 1 heterocycles. The third-order valence-electron chi connectivity index (χ3n) is 1.26. The summed E-state index contributed by atoms with van der Waals surface area (Å²) in [5, 5.41) is 7.38. The molecule has 0 atom stereocenters. The van der Waals surface area contributed by atoms with Gasteiger partial charge in [-0.25, -0.2) is 0 Å². The number of primary amides is 1. The number of nitrogens with two attached hydrogens (primary N) is 1. The normalized spacial score (nSPS) is 9.42. The van der Waals surface area contributed by atoms with Crippen LogP contribution >= 0.6 is 0 Å².